The third kappa shape index (κ3) is 2.68. The van der Waals surface area contributed by atoms with Crippen LogP contribution in [0.2, 0.25) is 5.02 Å². The second-order valence-corrected chi connectivity index (χ2v) is 4.71. The van der Waals surface area contributed by atoms with Gasteiger partial charge in [-0.25, -0.2) is 0 Å². The molecule has 0 fully saturated rings. The molecule has 17 heavy (non-hydrogen) atoms. The lowest BCUT2D eigenvalue weighted by atomic mass is 10.1. The van der Waals surface area contributed by atoms with Crippen molar-refractivity contribution in [2.45, 2.75) is 6.92 Å². The van der Waals surface area contributed by atoms with E-state index in [1.165, 1.54) is 11.3 Å². The number of carbonyl (C=O) groups is 1. The molecule has 1 heterocycles. The number of ether oxygens (including phenoxy) is 1. The molecule has 1 aromatic carbocycles. The number of thiophene rings is 1. The third-order valence-electron chi connectivity index (χ3n) is 2.23. The molecule has 0 bridgehead atoms. The van der Waals surface area contributed by atoms with E-state index < -0.39 is 0 Å². The van der Waals surface area contributed by atoms with Gasteiger partial charge in [0.15, 0.2) is 0 Å². The first-order valence-electron chi connectivity index (χ1n) is 5.23. The minimum absolute atomic E-state index is 0.0634. The van der Waals surface area contributed by atoms with E-state index in [0.29, 0.717) is 27.8 Å². The zero-order chi connectivity index (χ0) is 12.3. The quantitative estimate of drug-likeness (QED) is 0.781. The van der Waals surface area contributed by atoms with E-state index in [1.54, 1.807) is 24.3 Å². The summed E-state index contributed by atoms with van der Waals surface area (Å²) in [7, 11) is 0. The van der Waals surface area contributed by atoms with E-state index in [-0.39, 0.29) is 5.78 Å². The summed E-state index contributed by atoms with van der Waals surface area (Å²) >= 11 is 7.29. The molecule has 88 valence electrons. The first-order valence-corrected chi connectivity index (χ1v) is 6.48. The molecule has 2 rings (SSSR count). The Morgan fingerprint density at radius 3 is 2.88 bits per heavy atom. The minimum atomic E-state index is -0.0634. The zero-order valence-corrected chi connectivity index (χ0v) is 10.8. The third-order valence-corrected chi connectivity index (χ3v) is 3.57. The molecule has 4 heteroatoms. The Balaban J connectivity index is 2.31. The molecule has 0 aliphatic rings. The summed E-state index contributed by atoms with van der Waals surface area (Å²) < 4.78 is 5.36. The van der Waals surface area contributed by atoms with Crippen molar-refractivity contribution in [1.29, 1.82) is 0 Å². The van der Waals surface area contributed by atoms with Crippen LogP contribution in [0, 0.1) is 0 Å². The molecule has 0 radical (unpaired) electrons. The Morgan fingerprint density at radius 2 is 2.24 bits per heavy atom. The van der Waals surface area contributed by atoms with Gasteiger partial charge in [-0.3, -0.25) is 4.79 Å². The van der Waals surface area contributed by atoms with Gasteiger partial charge in [-0.05, 0) is 30.5 Å². The molecular weight excluding hydrogens is 256 g/mol. The van der Waals surface area contributed by atoms with Crippen LogP contribution in [0.4, 0.5) is 0 Å². The molecule has 0 aliphatic heterocycles. The molecule has 2 aromatic rings. The maximum absolute atomic E-state index is 12.2. The fourth-order valence-electron chi connectivity index (χ4n) is 1.48. The monoisotopic (exact) mass is 266 g/mol. The van der Waals surface area contributed by atoms with Crippen LogP contribution in [-0.2, 0) is 0 Å². The summed E-state index contributed by atoms with van der Waals surface area (Å²) in [5, 5.41) is 2.31. The van der Waals surface area contributed by atoms with Crippen molar-refractivity contribution in [3.8, 4) is 5.75 Å². The van der Waals surface area contributed by atoms with Crippen LogP contribution in [0.5, 0.6) is 5.75 Å². The highest BCUT2D eigenvalue weighted by Gasteiger charge is 2.14. The molecule has 2 nitrogen and oxygen atoms in total. The summed E-state index contributed by atoms with van der Waals surface area (Å²) in [6.07, 6.45) is 0. The number of benzene rings is 1. The molecular formula is C13H11ClO2S. The highest BCUT2D eigenvalue weighted by atomic mass is 35.5. The van der Waals surface area contributed by atoms with E-state index in [0.717, 1.165) is 0 Å². The fraction of sp³-hybridized carbons (Fsp3) is 0.154. The lowest BCUT2D eigenvalue weighted by Gasteiger charge is -2.04. The minimum Gasteiger partial charge on any atom is -0.494 e. The lowest BCUT2D eigenvalue weighted by molar-refractivity contribution is 0.104. The van der Waals surface area contributed by atoms with Gasteiger partial charge in [-0.1, -0.05) is 23.7 Å². The summed E-state index contributed by atoms with van der Waals surface area (Å²) in [6.45, 7) is 2.49. The average molecular weight is 267 g/mol. The predicted molar refractivity (Wildman–Crippen MR) is 70.4 cm³/mol. The standard InChI is InChI=1S/C13H11ClO2S/c1-2-16-10-5-3-4-9(8-10)12(15)13-11(14)6-7-17-13/h3-8H,2H2,1H3. The molecule has 0 saturated carbocycles. The Bertz CT molecular complexity index is 534. The van der Waals surface area contributed by atoms with E-state index in [9.17, 15) is 4.79 Å². The van der Waals surface area contributed by atoms with Gasteiger partial charge in [-0.15, -0.1) is 11.3 Å². The lowest BCUT2D eigenvalue weighted by Crippen LogP contribution is -2.00. The Hall–Kier alpha value is -1.32. The smallest absolute Gasteiger partial charge is 0.204 e. The number of carbonyl (C=O) groups excluding carboxylic acids is 1. The van der Waals surface area contributed by atoms with E-state index in [1.807, 2.05) is 18.4 Å². The second-order valence-electron chi connectivity index (χ2n) is 3.39. The van der Waals surface area contributed by atoms with E-state index in [4.69, 9.17) is 16.3 Å². The summed E-state index contributed by atoms with van der Waals surface area (Å²) in [6, 6.07) is 8.87. The Labute approximate surface area is 109 Å². The second kappa shape index (κ2) is 5.34. The van der Waals surface area contributed by atoms with Gasteiger partial charge in [-0.2, -0.15) is 0 Å². The van der Waals surface area contributed by atoms with Gasteiger partial charge in [0.2, 0.25) is 5.78 Å². The Kier molecular flexibility index (Phi) is 3.82. The molecule has 0 N–H and O–H groups in total. The normalized spacial score (nSPS) is 10.2. The molecule has 0 spiro atoms. The van der Waals surface area contributed by atoms with E-state index in [2.05, 4.69) is 0 Å². The van der Waals surface area contributed by atoms with Crippen LogP contribution in [0.3, 0.4) is 0 Å². The van der Waals surface area contributed by atoms with Crippen molar-refractivity contribution >= 4 is 28.7 Å². The van der Waals surface area contributed by atoms with Crippen molar-refractivity contribution in [2.24, 2.45) is 0 Å². The van der Waals surface area contributed by atoms with Gasteiger partial charge in [0.05, 0.1) is 16.5 Å². The van der Waals surface area contributed by atoms with Gasteiger partial charge in [0.1, 0.15) is 5.75 Å². The number of ketones is 1. The van der Waals surface area contributed by atoms with Crippen molar-refractivity contribution in [3.63, 3.8) is 0 Å². The maximum atomic E-state index is 12.2. The molecule has 1 aromatic heterocycles. The van der Waals surface area contributed by atoms with Gasteiger partial charge < -0.3 is 4.74 Å². The number of hydrogen-bond acceptors (Lipinski definition) is 3. The average Bonchev–Trinajstić information content (AvgIpc) is 2.75. The topological polar surface area (TPSA) is 26.3 Å². The molecule has 0 amide bonds. The van der Waals surface area contributed by atoms with Crippen LogP contribution in [0.1, 0.15) is 22.2 Å². The largest absolute Gasteiger partial charge is 0.494 e. The fourth-order valence-corrected chi connectivity index (χ4v) is 2.58. The van der Waals surface area contributed by atoms with Crippen molar-refractivity contribution in [2.75, 3.05) is 6.61 Å². The van der Waals surface area contributed by atoms with Crippen molar-refractivity contribution < 1.29 is 9.53 Å². The number of halogens is 1. The molecule has 0 atom stereocenters. The highest BCUT2D eigenvalue weighted by molar-refractivity contribution is 7.13. The first kappa shape index (κ1) is 12.1. The Morgan fingerprint density at radius 1 is 1.41 bits per heavy atom. The van der Waals surface area contributed by atoms with Gasteiger partial charge in [0, 0.05) is 5.56 Å². The highest BCUT2D eigenvalue weighted by Crippen LogP contribution is 2.26. The molecule has 0 unspecified atom stereocenters. The summed E-state index contributed by atoms with van der Waals surface area (Å²) in [5.41, 5.74) is 0.598. The van der Waals surface area contributed by atoms with Crippen molar-refractivity contribution in [1.82, 2.24) is 0 Å². The summed E-state index contributed by atoms with van der Waals surface area (Å²) in [5.74, 6) is 0.637. The SMILES string of the molecule is CCOc1cccc(C(=O)c2sccc2Cl)c1. The van der Waals surface area contributed by atoms with Gasteiger partial charge in [0.25, 0.3) is 0 Å². The van der Waals surface area contributed by atoms with Crippen LogP contribution in [0.15, 0.2) is 35.7 Å². The van der Waals surface area contributed by atoms with Crippen LogP contribution >= 0.6 is 22.9 Å². The van der Waals surface area contributed by atoms with Crippen LogP contribution in [0.25, 0.3) is 0 Å². The first-order chi connectivity index (χ1) is 8.22. The van der Waals surface area contributed by atoms with Crippen molar-refractivity contribution in [3.05, 3.63) is 51.2 Å². The van der Waals surface area contributed by atoms with Crippen LogP contribution < -0.4 is 4.74 Å². The molecule has 0 saturated heterocycles. The number of rotatable bonds is 4. The van der Waals surface area contributed by atoms with Crippen LogP contribution in [-0.4, -0.2) is 12.4 Å². The maximum Gasteiger partial charge on any atom is 0.204 e. The molecule has 0 aliphatic carbocycles. The predicted octanol–water partition coefficient (Wildman–Crippen LogP) is 4.03. The van der Waals surface area contributed by atoms with E-state index >= 15 is 0 Å². The number of hydrogen-bond donors (Lipinski definition) is 0. The summed E-state index contributed by atoms with van der Waals surface area (Å²) in [4.78, 5) is 12.7. The zero-order valence-electron chi connectivity index (χ0n) is 9.27. The van der Waals surface area contributed by atoms with Gasteiger partial charge >= 0.3 is 0 Å².